The number of phenolic OH excluding ortho intramolecular Hbond substituents is 1. The third kappa shape index (κ3) is 2.29. The summed E-state index contributed by atoms with van der Waals surface area (Å²) in [6.45, 7) is 2.85. The van der Waals surface area contributed by atoms with E-state index in [4.69, 9.17) is 9.47 Å². The van der Waals surface area contributed by atoms with E-state index in [1.807, 2.05) is 6.08 Å². The molecule has 0 radical (unpaired) electrons. The van der Waals surface area contributed by atoms with Crippen molar-refractivity contribution in [2.24, 2.45) is 5.92 Å². The summed E-state index contributed by atoms with van der Waals surface area (Å²) >= 11 is 0. The molecule has 0 spiro atoms. The number of piperidine rings is 1. The highest BCUT2D eigenvalue weighted by atomic mass is 16.5. The summed E-state index contributed by atoms with van der Waals surface area (Å²) in [5.74, 6) is 0.971. The van der Waals surface area contributed by atoms with E-state index < -0.39 is 5.41 Å². The molecule has 4 atom stereocenters. The minimum atomic E-state index is -0.499. The summed E-state index contributed by atoms with van der Waals surface area (Å²) in [5, 5.41) is 21.1. The highest BCUT2D eigenvalue weighted by Gasteiger charge is 2.59. The third-order valence-electron chi connectivity index (χ3n) is 6.97. The Labute approximate surface area is 159 Å². The lowest BCUT2D eigenvalue weighted by Gasteiger charge is -2.59. The number of benzene rings is 1. The van der Waals surface area contributed by atoms with Gasteiger partial charge < -0.3 is 24.6 Å². The Morgan fingerprint density at radius 2 is 2.07 bits per heavy atom. The molecule has 1 aliphatic heterocycles. The van der Waals surface area contributed by atoms with Crippen LogP contribution in [0.1, 0.15) is 42.4 Å². The average Bonchev–Trinajstić information content (AvgIpc) is 2.66. The normalized spacial score (nSPS) is 32.4. The van der Waals surface area contributed by atoms with Crippen LogP contribution in [0.2, 0.25) is 0 Å². The number of allylic oxidation sites excluding steroid dienone is 1. The summed E-state index contributed by atoms with van der Waals surface area (Å²) in [4.78, 5) is 15.1. The molecule has 1 aromatic carbocycles. The van der Waals surface area contributed by atoms with Crippen molar-refractivity contribution < 1.29 is 24.5 Å². The Kier molecular flexibility index (Phi) is 4.24. The maximum absolute atomic E-state index is 12.8. The summed E-state index contributed by atoms with van der Waals surface area (Å²) in [6.07, 6.45) is 3.02. The van der Waals surface area contributed by atoms with Gasteiger partial charge in [-0.2, -0.15) is 0 Å². The largest absolute Gasteiger partial charge is 0.504 e. The van der Waals surface area contributed by atoms with Crippen LogP contribution in [0.25, 0.3) is 0 Å². The van der Waals surface area contributed by atoms with Crippen LogP contribution in [0.15, 0.2) is 17.9 Å². The molecule has 146 valence electrons. The quantitative estimate of drug-likeness (QED) is 0.845. The van der Waals surface area contributed by atoms with Crippen molar-refractivity contribution in [2.75, 3.05) is 27.8 Å². The summed E-state index contributed by atoms with van der Waals surface area (Å²) in [7, 11) is 5.15. The molecule has 1 heterocycles. The standard InChI is InChI=1S/C21H27NO5/c1-11-17-12(10-23)7-16(27-4)20(25)18(17)21-5-6-22(2)19(11)13(21)8-15(26-3)14(24)9-21/h7-8,11,13,19,23,25H,5-6,9-10H2,1-4H3/t11-,13?,19+,21-/m1/s1. The topological polar surface area (TPSA) is 79.2 Å². The first kappa shape index (κ1) is 18.3. The number of likely N-dealkylation sites (tertiary alicyclic amines) is 1. The van der Waals surface area contributed by atoms with Crippen molar-refractivity contribution in [3.63, 3.8) is 0 Å². The molecular formula is C21H27NO5. The summed E-state index contributed by atoms with van der Waals surface area (Å²) < 4.78 is 10.8. The number of nitrogens with zero attached hydrogens (tertiary/aromatic N) is 1. The first-order chi connectivity index (χ1) is 12.9. The van der Waals surface area contributed by atoms with Crippen LogP contribution in [-0.2, 0) is 21.6 Å². The zero-order chi connectivity index (χ0) is 19.5. The van der Waals surface area contributed by atoms with Crippen LogP contribution >= 0.6 is 0 Å². The fraction of sp³-hybridized carbons (Fsp3) is 0.571. The van der Waals surface area contributed by atoms with E-state index in [2.05, 4.69) is 18.9 Å². The van der Waals surface area contributed by atoms with Crippen molar-refractivity contribution in [3.8, 4) is 11.5 Å². The molecule has 0 aromatic heterocycles. The summed E-state index contributed by atoms with van der Waals surface area (Å²) in [6, 6.07) is 1.89. The highest BCUT2D eigenvalue weighted by Crippen LogP contribution is 2.61. The van der Waals surface area contributed by atoms with Gasteiger partial charge in [-0.25, -0.2) is 0 Å². The molecule has 2 aliphatic carbocycles. The van der Waals surface area contributed by atoms with Gasteiger partial charge in [0.05, 0.1) is 20.8 Å². The van der Waals surface area contributed by atoms with Gasteiger partial charge >= 0.3 is 0 Å². The Balaban J connectivity index is 2.07. The van der Waals surface area contributed by atoms with Gasteiger partial charge in [0.15, 0.2) is 23.0 Å². The number of fused-ring (bicyclic) bond motifs is 1. The number of hydrogen-bond acceptors (Lipinski definition) is 6. The van der Waals surface area contributed by atoms with Gasteiger partial charge in [-0.1, -0.05) is 6.92 Å². The van der Waals surface area contributed by atoms with Crippen LogP contribution in [0.3, 0.4) is 0 Å². The zero-order valence-electron chi connectivity index (χ0n) is 16.3. The van der Waals surface area contributed by atoms with Crippen LogP contribution in [-0.4, -0.2) is 54.8 Å². The van der Waals surface area contributed by atoms with Gasteiger partial charge in [-0.3, -0.25) is 4.79 Å². The van der Waals surface area contributed by atoms with E-state index in [0.717, 1.165) is 29.7 Å². The maximum atomic E-state index is 12.8. The molecule has 2 bridgehead atoms. The minimum Gasteiger partial charge on any atom is -0.504 e. The molecule has 1 fully saturated rings. The molecule has 1 unspecified atom stereocenters. The van der Waals surface area contributed by atoms with Gasteiger partial charge in [-0.05, 0) is 49.2 Å². The number of aliphatic hydroxyl groups excluding tert-OH is 1. The number of hydrogen-bond donors (Lipinski definition) is 2. The fourth-order valence-corrected chi connectivity index (χ4v) is 5.84. The smallest absolute Gasteiger partial charge is 0.197 e. The lowest BCUT2D eigenvalue weighted by molar-refractivity contribution is -0.123. The maximum Gasteiger partial charge on any atom is 0.197 e. The number of rotatable bonds is 3. The molecular weight excluding hydrogens is 346 g/mol. The van der Waals surface area contributed by atoms with E-state index in [1.165, 1.54) is 14.2 Å². The van der Waals surface area contributed by atoms with Crippen molar-refractivity contribution >= 4 is 5.78 Å². The van der Waals surface area contributed by atoms with E-state index in [0.29, 0.717) is 17.9 Å². The Morgan fingerprint density at radius 1 is 1.33 bits per heavy atom. The number of aliphatic hydroxyl groups is 1. The van der Waals surface area contributed by atoms with Crippen molar-refractivity contribution in [1.29, 1.82) is 0 Å². The van der Waals surface area contributed by atoms with Crippen molar-refractivity contribution in [3.05, 3.63) is 34.6 Å². The second-order valence-electron chi connectivity index (χ2n) is 8.06. The third-order valence-corrected chi connectivity index (χ3v) is 6.97. The van der Waals surface area contributed by atoms with Gasteiger partial charge in [-0.15, -0.1) is 0 Å². The predicted molar refractivity (Wildman–Crippen MR) is 99.9 cm³/mol. The highest BCUT2D eigenvalue weighted by molar-refractivity contribution is 5.96. The van der Waals surface area contributed by atoms with Crippen molar-refractivity contribution in [2.45, 2.75) is 43.7 Å². The molecule has 4 rings (SSSR count). The number of aromatic hydroxyl groups is 1. The number of likely N-dealkylation sites (N-methyl/N-ethyl adjacent to an activating group) is 1. The van der Waals surface area contributed by atoms with E-state index >= 15 is 0 Å². The lowest BCUT2D eigenvalue weighted by Crippen LogP contribution is -2.61. The monoisotopic (exact) mass is 373 g/mol. The number of ketones is 1. The molecule has 0 saturated carbocycles. The lowest BCUT2D eigenvalue weighted by atomic mass is 9.51. The van der Waals surface area contributed by atoms with Gasteiger partial charge in [0.1, 0.15) is 0 Å². The predicted octanol–water partition coefficient (Wildman–Crippen LogP) is 2.07. The molecule has 2 N–H and O–H groups in total. The molecule has 1 aromatic rings. The van der Waals surface area contributed by atoms with E-state index in [9.17, 15) is 15.0 Å². The first-order valence-corrected chi connectivity index (χ1v) is 9.43. The fourth-order valence-electron chi connectivity index (χ4n) is 5.84. The van der Waals surface area contributed by atoms with Crippen LogP contribution in [0, 0.1) is 5.92 Å². The Bertz CT molecular complexity index is 832. The summed E-state index contributed by atoms with van der Waals surface area (Å²) in [5.41, 5.74) is 2.01. The first-order valence-electron chi connectivity index (χ1n) is 9.43. The van der Waals surface area contributed by atoms with Gasteiger partial charge in [0, 0.05) is 29.4 Å². The molecule has 0 amide bonds. The number of carbonyl (C=O) groups excluding carboxylic acids is 1. The van der Waals surface area contributed by atoms with Crippen LogP contribution in [0.4, 0.5) is 0 Å². The second kappa shape index (κ2) is 6.24. The number of carbonyl (C=O) groups is 1. The zero-order valence-corrected chi connectivity index (χ0v) is 16.3. The van der Waals surface area contributed by atoms with Gasteiger partial charge in [0.2, 0.25) is 0 Å². The van der Waals surface area contributed by atoms with E-state index in [-0.39, 0.29) is 36.0 Å². The molecule has 6 nitrogen and oxygen atoms in total. The molecule has 6 heteroatoms. The number of ether oxygens (including phenoxy) is 2. The Morgan fingerprint density at radius 3 is 2.70 bits per heavy atom. The van der Waals surface area contributed by atoms with Gasteiger partial charge in [0.25, 0.3) is 0 Å². The number of phenols is 1. The molecule has 3 aliphatic rings. The van der Waals surface area contributed by atoms with Crippen molar-refractivity contribution in [1.82, 2.24) is 4.90 Å². The van der Waals surface area contributed by atoms with Crippen LogP contribution < -0.4 is 4.74 Å². The average molecular weight is 373 g/mol. The molecule has 27 heavy (non-hydrogen) atoms. The number of methoxy groups -OCH3 is 2. The SMILES string of the molecule is COC1=CC2[C@@H]3[C@H](C)c4c(CO)cc(OC)c(O)c4[C@]2(CCN3C)CC1=O. The van der Waals surface area contributed by atoms with Crippen LogP contribution in [0.5, 0.6) is 11.5 Å². The minimum absolute atomic E-state index is 0.0367. The number of Topliss-reactive ketones (excluding diaryl/α,β-unsaturated/α-hetero) is 1. The second-order valence-corrected chi connectivity index (χ2v) is 8.06. The van der Waals surface area contributed by atoms with E-state index in [1.54, 1.807) is 6.07 Å². The Hall–Kier alpha value is -2.05. The molecule has 1 saturated heterocycles.